The zero-order chi connectivity index (χ0) is 20.5. The molecule has 2 aliphatic rings. The minimum Gasteiger partial charge on any atom is -0.507 e. The quantitative estimate of drug-likeness (QED) is 0.605. The summed E-state index contributed by atoms with van der Waals surface area (Å²) in [6.07, 6.45) is -0.173. The standard InChI is InChI=1S/C20H27NO7/c1-12(22)20(2,26)19(25)27-11-13-7-9-21-10-8-16(17(13)21)28-18(24)14-5-3-4-6-15(14)23/h3-6,12-13,16-17,22-23,26H,7-11H2,1-2H3/t12-,13+,16+,17-,20+/m0/s1. The molecule has 2 saturated heterocycles. The van der Waals surface area contributed by atoms with Crippen LogP contribution in [-0.2, 0) is 14.3 Å². The number of benzene rings is 1. The summed E-state index contributed by atoms with van der Waals surface area (Å²) < 4.78 is 10.9. The number of esters is 2. The molecule has 0 bridgehead atoms. The third-order valence-electron chi connectivity index (χ3n) is 5.81. The Kier molecular flexibility index (Phi) is 5.92. The number of fused-ring (bicyclic) bond motifs is 1. The minimum atomic E-state index is -1.97. The summed E-state index contributed by atoms with van der Waals surface area (Å²) in [5.41, 5.74) is -1.85. The van der Waals surface area contributed by atoms with Crippen molar-refractivity contribution in [2.75, 3.05) is 19.7 Å². The highest BCUT2D eigenvalue weighted by Crippen LogP contribution is 2.36. The second-order valence-electron chi connectivity index (χ2n) is 7.75. The van der Waals surface area contributed by atoms with E-state index in [0.29, 0.717) is 6.42 Å². The van der Waals surface area contributed by atoms with Gasteiger partial charge in [-0.2, -0.15) is 0 Å². The topological polar surface area (TPSA) is 117 Å². The molecule has 2 aliphatic heterocycles. The zero-order valence-electron chi connectivity index (χ0n) is 16.1. The molecule has 2 heterocycles. The molecule has 5 atom stereocenters. The summed E-state index contributed by atoms with van der Waals surface area (Å²) in [6, 6.07) is 6.15. The van der Waals surface area contributed by atoms with E-state index in [9.17, 15) is 24.9 Å². The van der Waals surface area contributed by atoms with Crippen molar-refractivity contribution >= 4 is 11.9 Å². The van der Waals surface area contributed by atoms with Crippen molar-refractivity contribution in [3.8, 4) is 5.75 Å². The van der Waals surface area contributed by atoms with Crippen molar-refractivity contribution in [1.82, 2.24) is 4.90 Å². The molecule has 8 heteroatoms. The van der Waals surface area contributed by atoms with Crippen LogP contribution in [0.1, 0.15) is 37.0 Å². The molecule has 0 unspecified atom stereocenters. The summed E-state index contributed by atoms with van der Waals surface area (Å²) >= 11 is 0. The van der Waals surface area contributed by atoms with Crippen LogP contribution in [0, 0.1) is 5.92 Å². The largest absolute Gasteiger partial charge is 0.507 e. The van der Waals surface area contributed by atoms with Crippen LogP contribution in [0.4, 0.5) is 0 Å². The van der Waals surface area contributed by atoms with Gasteiger partial charge in [-0.25, -0.2) is 9.59 Å². The van der Waals surface area contributed by atoms with Gasteiger partial charge in [-0.1, -0.05) is 12.1 Å². The third-order valence-corrected chi connectivity index (χ3v) is 5.81. The molecule has 0 aliphatic carbocycles. The van der Waals surface area contributed by atoms with Crippen molar-refractivity contribution in [3.63, 3.8) is 0 Å². The van der Waals surface area contributed by atoms with Gasteiger partial charge in [-0.05, 0) is 45.4 Å². The molecule has 0 spiro atoms. The van der Waals surface area contributed by atoms with Crippen LogP contribution < -0.4 is 0 Å². The second-order valence-corrected chi connectivity index (χ2v) is 7.75. The number of ether oxygens (including phenoxy) is 2. The average molecular weight is 393 g/mol. The first-order valence-electron chi connectivity index (χ1n) is 9.52. The van der Waals surface area contributed by atoms with Crippen molar-refractivity contribution in [2.24, 2.45) is 5.92 Å². The fourth-order valence-corrected chi connectivity index (χ4v) is 3.87. The number of aromatic hydroxyl groups is 1. The first-order chi connectivity index (χ1) is 13.2. The van der Waals surface area contributed by atoms with Crippen molar-refractivity contribution < 1.29 is 34.4 Å². The molecule has 2 fully saturated rings. The van der Waals surface area contributed by atoms with Gasteiger partial charge in [0.05, 0.1) is 18.8 Å². The number of hydrogen-bond donors (Lipinski definition) is 3. The first-order valence-corrected chi connectivity index (χ1v) is 9.52. The highest BCUT2D eigenvalue weighted by Gasteiger charge is 2.47. The van der Waals surface area contributed by atoms with E-state index in [2.05, 4.69) is 4.90 Å². The van der Waals surface area contributed by atoms with Gasteiger partial charge in [0, 0.05) is 12.5 Å². The summed E-state index contributed by atoms with van der Waals surface area (Å²) in [5, 5.41) is 29.4. The van der Waals surface area contributed by atoms with Gasteiger partial charge in [0.15, 0.2) is 5.60 Å². The Hall–Kier alpha value is -2.16. The summed E-state index contributed by atoms with van der Waals surface area (Å²) in [4.78, 5) is 26.7. The van der Waals surface area contributed by atoms with Gasteiger partial charge in [-0.3, -0.25) is 4.90 Å². The number of carbonyl (C=O) groups is 2. The van der Waals surface area contributed by atoms with Crippen molar-refractivity contribution in [2.45, 2.75) is 50.5 Å². The number of hydrogen-bond acceptors (Lipinski definition) is 8. The molecule has 28 heavy (non-hydrogen) atoms. The maximum atomic E-state index is 12.4. The molecule has 0 saturated carbocycles. The number of phenolic OH excluding ortho intramolecular Hbond substituents is 1. The Bertz CT molecular complexity index is 733. The molecular formula is C20H27NO7. The van der Waals surface area contributed by atoms with Crippen LogP contribution in [-0.4, -0.2) is 75.7 Å². The van der Waals surface area contributed by atoms with E-state index >= 15 is 0 Å². The summed E-state index contributed by atoms with van der Waals surface area (Å²) in [7, 11) is 0. The van der Waals surface area contributed by atoms with Crippen molar-refractivity contribution in [3.05, 3.63) is 29.8 Å². The normalized spacial score (nSPS) is 27.6. The van der Waals surface area contributed by atoms with Crippen LogP contribution in [0.3, 0.4) is 0 Å². The lowest BCUT2D eigenvalue weighted by molar-refractivity contribution is -0.175. The lowest BCUT2D eigenvalue weighted by atomic mass is 9.96. The van der Waals surface area contributed by atoms with Crippen LogP contribution in [0.2, 0.25) is 0 Å². The molecule has 1 aromatic rings. The molecule has 0 aromatic heterocycles. The maximum absolute atomic E-state index is 12.4. The van der Waals surface area contributed by atoms with Gasteiger partial charge in [0.2, 0.25) is 0 Å². The highest BCUT2D eigenvalue weighted by molar-refractivity contribution is 5.92. The van der Waals surface area contributed by atoms with Gasteiger partial charge in [-0.15, -0.1) is 0 Å². The van der Waals surface area contributed by atoms with E-state index in [1.807, 2.05) is 0 Å². The summed E-state index contributed by atoms with van der Waals surface area (Å²) in [5.74, 6) is -1.62. The monoisotopic (exact) mass is 393 g/mol. The predicted molar refractivity (Wildman–Crippen MR) is 98.7 cm³/mol. The number of para-hydroxylation sites is 1. The fourth-order valence-electron chi connectivity index (χ4n) is 3.87. The SMILES string of the molecule is C[C@H](O)[C@@](C)(O)C(=O)OC[C@H]1CCN2CC[C@@H](OC(=O)c3ccccc3O)[C@H]12. The smallest absolute Gasteiger partial charge is 0.342 e. The van der Waals surface area contributed by atoms with E-state index in [1.165, 1.54) is 26.0 Å². The van der Waals surface area contributed by atoms with Crippen LogP contribution in [0.25, 0.3) is 0 Å². The molecular weight excluding hydrogens is 366 g/mol. The number of rotatable bonds is 6. The summed E-state index contributed by atoms with van der Waals surface area (Å²) in [6.45, 7) is 4.20. The molecule has 3 N–H and O–H groups in total. The zero-order valence-corrected chi connectivity index (χ0v) is 16.1. The van der Waals surface area contributed by atoms with Crippen LogP contribution in [0.15, 0.2) is 24.3 Å². The maximum Gasteiger partial charge on any atom is 0.342 e. The first kappa shape index (κ1) is 20.6. The Balaban J connectivity index is 1.62. The molecule has 3 rings (SSSR count). The van der Waals surface area contributed by atoms with E-state index in [-0.39, 0.29) is 36.0 Å². The molecule has 0 amide bonds. The number of aliphatic hydroxyl groups excluding tert-OH is 1. The van der Waals surface area contributed by atoms with E-state index in [1.54, 1.807) is 12.1 Å². The predicted octanol–water partition coefficient (Wildman–Crippen LogP) is 0.687. The Morgan fingerprint density at radius 3 is 2.64 bits per heavy atom. The molecule has 154 valence electrons. The minimum absolute atomic E-state index is 0.0431. The van der Waals surface area contributed by atoms with Crippen molar-refractivity contribution in [1.29, 1.82) is 0 Å². The van der Waals surface area contributed by atoms with E-state index < -0.39 is 23.6 Å². The average Bonchev–Trinajstić information content (AvgIpc) is 3.23. The lowest BCUT2D eigenvalue weighted by Crippen LogP contribution is -2.47. The Morgan fingerprint density at radius 2 is 1.96 bits per heavy atom. The molecule has 1 aromatic carbocycles. The number of aliphatic hydroxyl groups is 2. The Morgan fingerprint density at radius 1 is 1.29 bits per heavy atom. The lowest BCUT2D eigenvalue weighted by Gasteiger charge is -2.28. The fraction of sp³-hybridized carbons (Fsp3) is 0.600. The highest BCUT2D eigenvalue weighted by atomic mass is 16.6. The van der Waals surface area contributed by atoms with Crippen LogP contribution in [0.5, 0.6) is 5.75 Å². The van der Waals surface area contributed by atoms with Gasteiger partial charge >= 0.3 is 11.9 Å². The number of nitrogens with zero attached hydrogens (tertiary/aromatic N) is 1. The van der Waals surface area contributed by atoms with Gasteiger partial charge < -0.3 is 24.8 Å². The van der Waals surface area contributed by atoms with Crippen LogP contribution >= 0.6 is 0 Å². The number of carbonyl (C=O) groups excluding carboxylic acids is 2. The number of phenols is 1. The Labute approximate surface area is 163 Å². The van der Waals surface area contributed by atoms with E-state index in [4.69, 9.17) is 9.47 Å². The molecule has 8 nitrogen and oxygen atoms in total. The van der Waals surface area contributed by atoms with Gasteiger partial charge in [0.25, 0.3) is 0 Å². The molecule has 0 radical (unpaired) electrons. The third kappa shape index (κ3) is 3.99. The van der Waals surface area contributed by atoms with Gasteiger partial charge in [0.1, 0.15) is 17.4 Å². The second kappa shape index (κ2) is 8.06. The van der Waals surface area contributed by atoms with E-state index in [0.717, 1.165) is 19.5 Å².